The Hall–Kier alpha value is -2.19. The van der Waals surface area contributed by atoms with E-state index < -0.39 is 11.7 Å². The highest BCUT2D eigenvalue weighted by Gasteiger charge is 2.13. The van der Waals surface area contributed by atoms with Crippen LogP contribution < -0.4 is 5.32 Å². The van der Waals surface area contributed by atoms with Crippen LogP contribution in [0.3, 0.4) is 0 Å². The summed E-state index contributed by atoms with van der Waals surface area (Å²) in [7, 11) is 0. The summed E-state index contributed by atoms with van der Waals surface area (Å²) < 4.78 is 14.0. The van der Waals surface area contributed by atoms with Crippen molar-refractivity contribution < 1.29 is 9.18 Å². The van der Waals surface area contributed by atoms with Crippen LogP contribution in [0.4, 0.5) is 10.1 Å². The van der Waals surface area contributed by atoms with Crippen molar-refractivity contribution in [2.75, 3.05) is 5.32 Å². The van der Waals surface area contributed by atoms with Gasteiger partial charge in [0.25, 0.3) is 5.91 Å². The Labute approximate surface area is 117 Å². The summed E-state index contributed by atoms with van der Waals surface area (Å²) in [6.45, 7) is 0. The van der Waals surface area contributed by atoms with Crippen LogP contribution in [0.15, 0.2) is 46.9 Å². The van der Waals surface area contributed by atoms with Gasteiger partial charge in [-0.05, 0) is 40.2 Å². The number of rotatable bonds is 2. The van der Waals surface area contributed by atoms with Gasteiger partial charge in [-0.15, -0.1) is 0 Å². The molecule has 0 aliphatic heterocycles. The Kier molecular flexibility index (Phi) is 3.93. The van der Waals surface area contributed by atoms with Crippen molar-refractivity contribution in [3.05, 3.63) is 63.9 Å². The van der Waals surface area contributed by atoms with Gasteiger partial charge in [-0.25, -0.2) is 4.39 Å². The molecule has 2 rings (SSSR count). The number of nitriles is 1. The zero-order valence-corrected chi connectivity index (χ0v) is 11.2. The molecule has 94 valence electrons. The largest absolute Gasteiger partial charge is 0.321 e. The topological polar surface area (TPSA) is 52.9 Å². The minimum absolute atomic E-state index is 0.156. The summed E-state index contributed by atoms with van der Waals surface area (Å²) in [6.07, 6.45) is 0. The second-order valence-corrected chi connectivity index (χ2v) is 4.56. The highest BCUT2D eigenvalue weighted by molar-refractivity contribution is 9.10. The molecule has 0 spiro atoms. The highest BCUT2D eigenvalue weighted by Crippen LogP contribution is 2.21. The van der Waals surface area contributed by atoms with Crippen molar-refractivity contribution >= 4 is 27.5 Å². The first-order chi connectivity index (χ1) is 9.13. The van der Waals surface area contributed by atoms with Crippen LogP contribution in [-0.4, -0.2) is 5.91 Å². The molecule has 1 amide bonds. The predicted molar refractivity (Wildman–Crippen MR) is 73.2 cm³/mol. The van der Waals surface area contributed by atoms with Crippen LogP contribution in [0.2, 0.25) is 0 Å². The number of benzene rings is 2. The molecule has 0 bridgehead atoms. The van der Waals surface area contributed by atoms with Crippen molar-refractivity contribution in [1.82, 2.24) is 0 Å². The van der Waals surface area contributed by atoms with Gasteiger partial charge in [0.15, 0.2) is 0 Å². The Morgan fingerprint density at radius 1 is 1.21 bits per heavy atom. The summed E-state index contributed by atoms with van der Waals surface area (Å²) in [6, 6.07) is 12.7. The molecule has 19 heavy (non-hydrogen) atoms. The molecule has 2 aromatic carbocycles. The van der Waals surface area contributed by atoms with Crippen LogP contribution >= 0.6 is 15.9 Å². The highest BCUT2D eigenvalue weighted by atomic mass is 79.9. The van der Waals surface area contributed by atoms with Crippen LogP contribution in [-0.2, 0) is 0 Å². The molecule has 2 aromatic rings. The number of nitrogens with one attached hydrogen (secondary N) is 1. The van der Waals surface area contributed by atoms with E-state index in [9.17, 15) is 9.18 Å². The van der Waals surface area contributed by atoms with Gasteiger partial charge in [0, 0.05) is 4.47 Å². The van der Waals surface area contributed by atoms with E-state index in [0.717, 1.165) is 0 Å². The lowest BCUT2D eigenvalue weighted by Crippen LogP contribution is -2.13. The first-order valence-corrected chi connectivity index (χ1v) is 6.17. The summed E-state index contributed by atoms with van der Waals surface area (Å²) in [5.41, 5.74) is 0.391. The van der Waals surface area contributed by atoms with E-state index in [4.69, 9.17) is 5.26 Å². The number of halogens is 2. The van der Waals surface area contributed by atoms with Crippen molar-refractivity contribution in [2.24, 2.45) is 0 Å². The normalized spacial score (nSPS) is 9.74. The maximum Gasteiger partial charge on any atom is 0.256 e. The monoisotopic (exact) mass is 318 g/mol. The Morgan fingerprint density at radius 3 is 2.63 bits per heavy atom. The zero-order valence-electron chi connectivity index (χ0n) is 9.65. The fourth-order valence-electron chi connectivity index (χ4n) is 1.58. The molecule has 3 nitrogen and oxygen atoms in total. The smallest absolute Gasteiger partial charge is 0.256 e. The average Bonchev–Trinajstić information content (AvgIpc) is 2.39. The molecule has 0 radical (unpaired) electrons. The number of hydrogen-bond acceptors (Lipinski definition) is 2. The lowest BCUT2D eigenvalue weighted by Gasteiger charge is -2.08. The number of nitrogens with zero attached hydrogens (tertiary/aromatic N) is 1. The summed E-state index contributed by atoms with van der Waals surface area (Å²) in [4.78, 5) is 12.0. The third-order valence-corrected chi connectivity index (χ3v) is 3.18. The molecule has 0 atom stereocenters. The molecule has 0 unspecified atom stereocenters. The minimum atomic E-state index is -0.660. The van der Waals surface area contributed by atoms with Gasteiger partial charge < -0.3 is 5.32 Å². The van der Waals surface area contributed by atoms with E-state index in [1.165, 1.54) is 18.2 Å². The number of carbonyl (C=O) groups is 1. The second-order valence-electron chi connectivity index (χ2n) is 3.71. The van der Waals surface area contributed by atoms with Crippen molar-refractivity contribution in [1.29, 1.82) is 5.26 Å². The summed E-state index contributed by atoms with van der Waals surface area (Å²) >= 11 is 3.26. The maximum absolute atomic E-state index is 13.4. The van der Waals surface area contributed by atoms with Gasteiger partial charge in [-0.3, -0.25) is 4.79 Å². The molecule has 0 aliphatic carbocycles. The van der Waals surface area contributed by atoms with E-state index in [1.807, 2.05) is 0 Å². The average molecular weight is 319 g/mol. The molecule has 0 saturated carbocycles. The molecular weight excluding hydrogens is 311 g/mol. The van der Waals surface area contributed by atoms with Crippen molar-refractivity contribution in [3.63, 3.8) is 0 Å². The molecule has 0 aromatic heterocycles. The van der Waals surface area contributed by atoms with Gasteiger partial charge in [-0.1, -0.05) is 18.2 Å². The third-order valence-electron chi connectivity index (χ3n) is 2.49. The first-order valence-electron chi connectivity index (χ1n) is 5.38. The summed E-state index contributed by atoms with van der Waals surface area (Å²) in [5, 5.41) is 11.4. The van der Waals surface area contributed by atoms with Crippen molar-refractivity contribution in [2.45, 2.75) is 0 Å². The van der Waals surface area contributed by atoms with E-state index in [0.29, 0.717) is 10.0 Å². The van der Waals surface area contributed by atoms with Gasteiger partial charge >= 0.3 is 0 Å². The van der Waals surface area contributed by atoms with Gasteiger partial charge in [0.1, 0.15) is 17.4 Å². The van der Waals surface area contributed by atoms with E-state index >= 15 is 0 Å². The Bertz CT molecular complexity index is 679. The van der Waals surface area contributed by atoms with Crippen LogP contribution in [0, 0.1) is 17.1 Å². The Morgan fingerprint density at radius 2 is 1.95 bits per heavy atom. The molecule has 5 heteroatoms. The molecule has 0 fully saturated rings. The fraction of sp³-hybridized carbons (Fsp3) is 0. The maximum atomic E-state index is 13.4. The van der Waals surface area contributed by atoms with Gasteiger partial charge in [-0.2, -0.15) is 5.26 Å². The molecular formula is C14H8BrFN2O. The number of anilines is 1. The molecule has 0 saturated heterocycles. The quantitative estimate of drug-likeness (QED) is 0.917. The first kappa shape index (κ1) is 13.2. The van der Waals surface area contributed by atoms with Gasteiger partial charge in [0.2, 0.25) is 0 Å². The van der Waals surface area contributed by atoms with E-state index in [2.05, 4.69) is 21.2 Å². The fourth-order valence-corrected chi connectivity index (χ4v) is 2.04. The number of hydrogen-bond donors (Lipinski definition) is 1. The molecule has 0 heterocycles. The molecule has 0 aliphatic rings. The van der Waals surface area contributed by atoms with Crippen molar-refractivity contribution in [3.8, 4) is 6.07 Å². The van der Waals surface area contributed by atoms with E-state index in [1.54, 1.807) is 30.3 Å². The van der Waals surface area contributed by atoms with Crippen LogP contribution in [0.5, 0.6) is 0 Å². The lowest BCUT2D eigenvalue weighted by molar-refractivity contribution is 0.102. The molecule has 1 N–H and O–H groups in total. The summed E-state index contributed by atoms with van der Waals surface area (Å²) in [5.74, 6) is -1.07. The number of amides is 1. The number of carbonyl (C=O) groups excluding carboxylic acids is 1. The SMILES string of the molecule is N#Cc1c(F)cccc1NC(=O)c1ccccc1Br. The van der Waals surface area contributed by atoms with Crippen LogP contribution in [0.25, 0.3) is 0 Å². The predicted octanol–water partition coefficient (Wildman–Crippen LogP) is 3.71. The minimum Gasteiger partial charge on any atom is -0.321 e. The van der Waals surface area contributed by atoms with Gasteiger partial charge in [0.05, 0.1) is 11.3 Å². The third kappa shape index (κ3) is 2.80. The Balaban J connectivity index is 2.33. The lowest BCUT2D eigenvalue weighted by atomic mass is 10.1. The van der Waals surface area contributed by atoms with Crippen LogP contribution in [0.1, 0.15) is 15.9 Å². The second kappa shape index (κ2) is 5.63. The standard InChI is InChI=1S/C14H8BrFN2O/c15-11-5-2-1-4-9(11)14(19)18-13-7-3-6-12(16)10(13)8-17/h1-7H,(H,18,19). The van der Waals surface area contributed by atoms with E-state index in [-0.39, 0.29) is 11.3 Å². The zero-order chi connectivity index (χ0) is 13.8.